The standard InChI is InChI=1S/C16H28N2O3/c1-15(2,16(3,4)21)17-13(19)12-6-5-9-18(10-12)14(20)11-7-8-11/h11-12,21H,5-10H2,1-4H3,(H,17,19)/t12-/m0/s1. The smallest absolute Gasteiger partial charge is 0.225 e. The van der Waals surface area contributed by atoms with Gasteiger partial charge in [-0.05, 0) is 53.4 Å². The fraction of sp³-hybridized carbons (Fsp3) is 0.875. The van der Waals surface area contributed by atoms with E-state index in [2.05, 4.69) is 5.32 Å². The third kappa shape index (κ3) is 3.76. The van der Waals surface area contributed by atoms with Crippen LogP contribution in [0.2, 0.25) is 0 Å². The molecule has 0 aromatic heterocycles. The van der Waals surface area contributed by atoms with Gasteiger partial charge < -0.3 is 15.3 Å². The summed E-state index contributed by atoms with van der Waals surface area (Å²) in [6.07, 6.45) is 3.68. The number of nitrogens with one attached hydrogen (secondary N) is 1. The molecule has 1 heterocycles. The Kier molecular flexibility index (Phi) is 4.34. The van der Waals surface area contributed by atoms with Crippen LogP contribution in [-0.2, 0) is 9.59 Å². The second-order valence-electron chi connectivity index (χ2n) is 7.57. The average molecular weight is 296 g/mol. The number of nitrogens with zero attached hydrogens (tertiary/aromatic N) is 1. The van der Waals surface area contributed by atoms with Gasteiger partial charge in [-0.15, -0.1) is 0 Å². The van der Waals surface area contributed by atoms with Crippen molar-refractivity contribution < 1.29 is 14.7 Å². The predicted octanol–water partition coefficient (Wildman–Crippen LogP) is 1.30. The van der Waals surface area contributed by atoms with Crippen molar-refractivity contribution in [2.24, 2.45) is 11.8 Å². The van der Waals surface area contributed by atoms with Gasteiger partial charge in [0.15, 0.2) is 0 Å². The first-order chi connectivity index (χ1) is 9.62. The van der Waals surface area contributed by atoms with E-state index in [1.165, 1.54) is 0 Å². The number of carbonyl (C=O) groups is 2. The van der Waals surface area contributed by atoms with Gasteiger partial charge in [0, 0.05) is 19.0 Å². The molecule has 1 saturated carbocycles. The Morgan fingerprint density at radius 3 is 2.24 bits per heavy atom. The average Bonchev–Trinajstić information content (AvgIpc) is 3.20. The van der Waals surface area contributed by atoms with Gasteiger partial charge >= 0.3 is 0 Å². The van der Waals surface area contributed by atoms with Crippen molar-refractivity contribution in [3.63, 3.8) is 0 Å². The van der Waals surface area contributed by atoms with E-state index in [-0.39, 0.29) is 23.7 Å². The number of piperidine rings is 1. The Morgan fingerprint density at radius 1 is 1.10 bits per heavy atom. The quantitative estimate of drug-likeness (QED) is 0.821. The minimum atomic E-state index is -0.999. The number of hydrogen-bond acceptors (Lipinski definition) is 3. The van der Waals surface area contributed by atoms with E-state index < -0.39 is 11.1 Å². The Labute approximate surface area is 127 Å². The molecule has 1 aliphatic carbocycles. The summed E-state index contributed by atoms with van der Waals surface area (Å²) in [7, 11) is 0. The number of carbonyl (C=O) groups excluding carboxylic acids is 2. The SMILES string of the molecule is CC(C)(O)C(C)(C)NC(=O)[C@H]1CCCN(C(=O)C2CC2)C1. The van der Waals surface area contributed by atoms with Gasteiger partial charge in [0.2, 0.25) is 11.8 Å². The number of rotatable bonds is 4. The van der Waals surface area contributed by atoms with Crippen LogP contribution < -0.4 is 5.32 Å². The third-order valence-electron chi connectivity index (χ3n) is 5.00. The molecule has 5 heteroatoms. The lowest BCUT2D eigenvalue weighted by Crippen LogP contribution is -2.60. The largest absolute Gasteiger partial charge is 0.388 e. The Morgan fingerprint density at radius 2 is 1.71 bits per heavy atom. The summed E-state index contributed by atoms with van der Waals surface area (Å²) in [5, 5.41) is 13.1. The van der Waals surface area contributed by atoms with Crippen molar-refractivity contribution in [1.82, 2.24) is 10.2 Å². The molecule has 21 heavy (non-hydrogen) atoms. The Bertz CT molecular complexity index is 422. The van der Waals surface area contributed by atoms with E-state index in [4.69, 9.17) is 0 Å². The van der Waals surface area contributed by atoms with Gasteiger partial charge in [-0.25, -0.2) is 0 Å². The van der Waals surface area contributed by atoms with Gasteiger partial charge in [-0.3, -0.25) is 9.59 Å². The molecule has 2 amide bonds. The number of hydrogen-bond donors (Lipinski definition) is 2. The predicted molar refractivity (Wildman–Crippen MR) is 80.5 cm³/mol. The lowest BCUT2D eigenvalue weighted by Gasteiger charge is -2.40. The summed E-state index contributed by atoms with van der Waals surface area (Å²) < 4.78 is 0. The molecule has 120 valence electrons. The summed E-state index contributed by atoms with van der Waals surface area (Å²) >= 11 is 0. The van der Waals surface area contributed by atoms with Crippen LogP contribution in [-0.4, -0.2) is 46.1 Å². The molecule has 1 atom stereocenters. The summed E-state index contributed by atoms with van der Waals surface area (Å²) in [5.41, 5.74) is -1.70. The third-order valence-corrected chi connectivity index (χ3v) is 5.00. The first-order valence-corrected chi connectivity index (χ1v) is 7.95. The van der Waals surface area contributed by atoms with Gasteiger partial charge in [0.05, 0.1) is 17.1 Å². The van der Waals surface area contributed by atoms with Crippen molar-refractivity contribution in [1.29, 1.82) is 0 Å². The molecule has 1 saturated heterocycles. The lowest BCUT2D eigenvalue weighted by molar-refractivity contribution is -0.138. The van der Waals surface area contributed by atoms with Gasteiger partial charge in [-0.2, -0.15) is 0 Å². The van der Waals surface area contributed by atoms with Gasteiger partial charge in [0.25, 0.3) is 0 Å². The highest BCUT2D eigenvalue weighted by Gasteiger charge is 2.40. The maximum absolute atomic E-state index is 12.5. The molecule has 0 unspecified atom stereocenters. The monoisotopic (exact) mass is 296 g/mol. The maximum atomic E-state index is 12.5. The van der Waals surface area contributed by atoms with E-state index in [1.807, 2.05) is 18.7 Å². The second-order valence-corrected chi connectivity index (χ2v) is 7.57. The van der Waals surface area contributed by atoms with E-state index in [0.717, 1.165) is 32.2 Å². The Balaban J connectivity index is 1.94. The van der Waals surface area contributed by atoms with Crippen molar-refractivity contribution in [3.05, 3.63) is 0 Å². The molecule has 0 bridgehead atoms. The summed E-state index contributed by atoms with van der Waals surface area (Å²) in [4.78, 5) is 26.4. The fourth-order valence-corrected chi connectivity index (χ4v) is 2.54. The zero-order valence-electron chi connectivity index (χ0n) is 13.6. The van der Waals surface area contributed by atoms with Crippen LogP contribution in [0.5, 0.6) is 0 Å². The highest BCUT2D eigenvalue weighted by Crippen LogP contribution is 2.32. The minimum Gasteiger partial charge on any atom is -0.388 e. The molecular weight excluding hydrogens is 268 g/mol. The van der Waals surface area contributed by atoms with Crippen LogP contribution >= 0.6 is 0 Å². The lowest BCUT2D eigenvalue weighted by atomic mass is 9.85. The van der Waals surface area contributed by atoms with Crippen molar-refractivity contribution in [3.8, 4) is 0 Å². The normalized spacial score (nSPS) is 23.9. The van der Waals surface area contributed by atoms with Crippen molar-refractivity contribution in [2.75, 3.05) is 13.1 Å². The van der Waals surface area contributed by atoms with Crippen LogP contribution in [0.15, 0.2) is 0 Å². The fourth-order valence-electron chi connectivity index (χ4n) is 2.54. The zero-order chi connectivity index (χ0) is 15.8. The van der Waals surface area contributed by atoms with Crippen LogP contribution in [0, 0.1) is 11.8 Å². The minimum absolute atomic E-state index is 0.0598. The van der Waals surface area contributed by atoms with Crippen LogP contribution in [0.3, 0.4) is 0 Å². The van der Waals surface area contributed by atoms with Gasteiger partial charge in [-0.1, -0.05) is 0 Å². The number of amides is 2. The molecule has 0 spiro atoms. The molecule has 0 aromatic carbocycles. The topological polar surface area (TPSA) is 69.6 Å². The van der Waals surface area contributed by atoms with E-state index >= 15 is 0 Å². The molecule has 2 aliphatic rings. The molecule has 2 fully saturated rings. The first kappa shape index (κ1) is 16.3. The van der Waals surface area contributed by atoms with E-state index in [9.17, 15) is 14.7 Å². The number of aliphatic hydroxyl groups is 1. The molecule has 1 aliphatic heterocycles. The number of likely N-dealkylation sites (tertiary alicyclic amines) is 1. The summed E-state index contributed by atoms with van der Waals surface area (Å²) in [6, 6.07) is 0. The molecule has 5 nitrogen and oxygen atoms in total. The molecule has 2 rings (SSSR count). The molecule has 2 N–H and O–H groups in total. The molecular formula is C16H28N2O3. The molecule has 0 radical (unpaired) electrons. The van der Waals surface area contributed by atoms with Crippen LogP contribution in [0.25, 0.3) is 0 Å². The highest BCUT2D eigenvalue weighted by molar-refractivity contribution is 5.83. The maximum Gasteiger partial charge on any atom is 0.225 e. The zero-order valence-corrected chi connectivity index (χ0v) is 13.6. The van der Waals surface area contributed by atoms with Crippen molar-refractivity contribution in [2.45, 2.75) is 64.5 Å². The van der Waals surface area contributed by atoms with Gasteiger partial charge in [0.1, 0.15) is 0 Å². The first-order valence-electron chi connectivity index (χ1n) is 7.95. The van der Waals surface area contributed by atoms with Crippen LogP contribution in [0.1, 0.15) is 53.4 Å². The van der Waals surface area contributed by atoms with E-state index in [1.54, 1.807) is 13.8 Å². The van der Waals surface area contributed by atoms with E-state index in [0.29, 0.717) is 6.54 Å². The second kappa shape index (κ2) is 5.59. The molecule has 0 aromatic rings. The Hall–Kier alpha value is -1.10. The summed E-state index contributed by atoms with van der Waals surface area (Å²) in [5.74, 6) is 0.201. The van der Waals surface area contributed by atoms with Crippen LogP contribution in [0.4, 0.5) is 0 Å². The highest BCUT2D eigenvalue weighted by atomic mass is 16.3. The summed E-state index contributed by atoms with van der Waals surface area (Å²) in [6.45, 7) is 8.31. The van der Waals surface area contributed by atoms with Crippen molar-refractivity contribution >= 4 is 11.8 Å².